The monoisotopic (exact) mass is 266 g/mol. The van der Waals surface area contributed by atoms with Gasteiger partial charge in [-0.15, -0.1) is 0 Å². The van der Waals surface area contributed by atoms with E-state index >= 15 is 0 Å². The molecular weight excluding hydrogens is 252 g/mol. The number of ether oxygens (including phenoxy) is 1. The molecule has 0 aliphatic rings. The van der Waals surface area contributed by atoms with Gasteiger partial charge in [0.2, 0.25) is 0 Å². The van der Waals surface area contributed by atoms with Gasteiger partial charge >= 0.3 is 12.0 Å². The molecule has 7 nitrogen and oxygen atoms in total. The van der Waals surface area contributed by atoms with Crippen molar-refractivity contribution in [3.63, 3.8) is 0 Å². The molecule has 1 rings (SSSR count). The molecule has 0 saturated carbocycles. The first-order chi connectivity index (χ1) is 8.95. The molecule has 19 heavy (non-hydrogen) atoms. The summed E-state index contributed by atoms with van der Waals surface area (Å²) in [6, 6.07) is 3.87. The zero-order valence-electron chi connectivity index (χ0n) is 10.5. The topological polar surface area (TPSA) is 105 Å². The number of amides is 3. The SMILES string of the molecule is CNC(=O)NC(=O)COc1cccc(C(=O)O)c1C. The molecule has 0 heterocycles. The van der Waals surface area contributed by atoms with Crippen LogP contribution in [-0.4, -0.2) is 36.7 Å². The largest absolute Gasteiger partial charge is 0.483 e. The molecule has 0 saturated heterocycles. The van der Waals surface area contributed by atoms with Crippen molar-refractivity contribution in [2.75, 3.05) is 13.7 Å². The highest BCUT2D eigenvalue weighted by Crippen LogP contribution is 2.21. The Kier molecular flexibility index (Phi) is 4.87. The minimum Gasteiger partial charge on any atom is -0.483 e. The second kappa shape index (κ2) is 6.39. The number of urea groups is 1. The number of carbonyl (C=O) groups is 3. The zero-order chi connectivity index (χ0) is 14.4. The highest BCUT2D eigenvalue weighted by molar-refractivity contribution is 5.95. The third-order valence-electron chi connectivity index (χ3n) is 2.35. The summed E-state index contributed by atoms with van der Waals surface area (Å²) in [6.07, 6.45) is 0. The molecule has 0 radical (unpaired) electrons. The summed E-state index contributed by atoms with van der Waals surface area (Å²) in [5, 5.41) is 13.2. The third kappa shape index (κ3) is 3.98. The van der Waals surface area contributed by atoms with E-state index in [9.17, 15) is 14.4 Å². The Morgan fingerprint density at radius 2 is 2.00 bits per heavy atom. The number of benzene rings is 1. The Labute approximate surface area is 109 Å². The summed E-state index contributed by atoms with van der Waals surface area (Å²) in [5.41, 5.74) is 0.520. The minimum atomic E-state index is -1.07. The molecule has 0 aliphatic carbocycles. The summed E-state index contributed by atoms with van der Waals surface area (Å²) in [7, 11) is 1.38. The van der Waals surface area contributed by atoms with Crippen molar-refractivity contribution < 1.29 is 24.2 Å². The van der Waals surface area contributed by atoms with Crippen molar-refractivity contribution in [2.45, 2.75) is 6.92 Å². The summed E-state index contributed by atoms with van der Waals surface area (Å²) < 4.78 is 5.18. The Bertz CT molecular complexity index is 513. The third-order valence-corrected chi connectivity index (χ3v) is 2.35. The summed E-state index contributed by atoms with van der Waals surface area (Å²) in [6.45, 7) is 1.20. The van der Waals surface area contributed by atoms with Gasteiger partial charge in [-0.2, -0.15) is 0 Å². The molecular formula is C12H14N2O5. The van der Waals surface area contributed by atoms with E-state index in [1.807, 2.05) is 5.32 Å². The van der Waals surface area contributed by atoms with Gasteiger partial charge in [-0.3, -0.25) is 10.1 Å². The number of carbonyl (C=O) groups excluding carboxylic acids is 2. The Hall–Kier alpha value is -2.57. The van der Waals surface area contributed by atoms with Gasteiger partial charge in [0.15, 0.2) is 6.61 Å². The smallest absolute Gasteiger partial charge is 0.336 e. The van der Waals surface area contributed by atoms with Gasteiger partial charge in [-0.25, -0.2) is 9.59 Å². The molecule has 0 bridgehead atoms. The average molecular weight is 266 g/mol. The van der Waals surface area contributed by atoms with Crippen LogP contribution in [0, 0.1) is 6.92 Å². The fourth-order valence-electron chi connectivity index (χ4n) is 1.37. The predicted molar refractivity (Wildman–Crippen MR) is 66.2 cm³/mol. The van der Waals surface area contributed by atoms with E-state index < -0.39 is 17.9 Å². The van der Waals surface area contributed by atoms with Crippen molar-refractivity contribution >= 4 is 17.9 Å². The number of hydrogen-bond acceptors (Lipinski definition) is 4. The number of carboxylic acid groups (broad SMARTS) is 1. The number of hydrogen-bond donors (Lipinski definition) is 3. The van der Waals surface area contributed by atoms with Crippen molar-refractivity contribution in [1.82, 2.24) is 10.6 Å². The fraction of sp³-hybridized carbons (Fsp3) is 0.250. The first kappa shape index (κ1) is 14.5. The van der Waals surface area contributed by atoms with Crippen molar-refractivity contribution in [3.8, 4) is 5.75 Å². The van der Waals surface area contributed by atoms with E-state index in [1.54, 1.807) is 13.0 Å². The number of aromatic carboxylic acids is 1. The van der Waals surface area contributed by atoms with Crippen LogP contribution in [0.1, 0.15) is 15.9 Å². The molecule has 0 aromatic heterocycles. The lowest BCUT2D eigenvalue weighted by Gasteiger charge is -2.10. The summed E-state index contributed by atoms with van der Waals surface area (Å²) >= 11 is 0. The van der Waals surface area contributed by atoms with Crippen LogP contribution < -0.4 is 15.4 Å². The maximum Gasteiger partial charge on any atom is 0.336 e. The van der Waals surface area contributed by atoms with E-state index in [1.165, 1.54) is 19.2 Å². The molecule has 102 valence electrons. The first-order valence-electron chi connectivity index (χ1n) is 5.43. The maximum atomic E-state index is 11.3. The molecule has 0 fully saturated rings. The molecule has 0 unspecified atom stereocenters. The average Bonchev–Trinajstić information content (AvgIpc) is 2.37. The van der Waals surface area contributed by atoms with Gasteiger partial charge in [0.25, 0.3) is 5.91 Å². The molecule has 1 aromatic carbocycles. The fourth-order valence-corrected chi connectivity index (χ4v) is 1.37. The zero-order valence-corrected chi connectivity index (χ0v) is 10.5. The van der Waals surface area contributed by atoms with Crippen molar-refractivity contribution in [1.29, 1.82) is 0 Å². The number of imide groups is 1. The molecule has 1 aromatic rings. The molecule has 7 heteroatoms. The molecule has 0 spiro atoms. The Balaban J connectivity index is 2.68. The summed E-state index contributed by atoms with van der Waals surface area (Å²) in [5.74, 6) is -1.41. The normalized spacial score (nSPS) is 9.58. The van der Waals surface area contributed by atoms with Crippen LogP contribution in [0.5, 0.6) is 5.75 Å². The first-order valence-corrected chi connectivity index (χ1v) is 5.43. The highest BCUT2D eigenvalue weighted by atomic mass is 16.5. The van der Waals surface area contributed by atoms with Gasteiger partial charge in [-0.1, -0.05) is 6.07 Å². The van der Waals surface area contributed by atoms with Crippen molar-refractivity contribution in [3.05, 3.63) is 29.3 Å². The second-order valence-electron chi connectivity index (χ2n) is 3.65. The van der Waals surface area contributed by atoms with Gasteiger partial charge in [0.1, 0.15) is 5.75 Å². The van der Waals surface area contributed by atoms with Crippen LogP contribution in [-0.2, 0) is 4.79 Å². The Morgan fingerprint density at radius 1 is 1.32 bits per heavy atom. The minimum absolute atomic E-state index is 0.101. The predicted octanol–water partition coefficient (Wildman–Crippen LogP) is 0.528. The number of carboxylic acids is 1. The van der Waals surface area contributed by atoms with Crippen LogP contribution in [0.25, 0.3) is 0 Å². The molecule has 0 aliphatic heterocycles. The van der Waals surface area contributed by atoms with Crippen LogP contribution in [0.3, 0.4) is 0 Å². The van der Waals surface area contributed by atoms with Gasteiger partial charge < -0.3 is 15.2 Å². The second-order valence-corrected chi connectivity index (χ2v) is 3.65. The van der Waals surface area contributed by atoms with Crippen molar-refractivity contribution in [2.24, 2.45) is 0 Å². The lowest BCUT2D eigenvalue weighted by atomic mass is 10.1. The van der Waals surface area contributed by atoms with E-state index in [4.69, 9.17) is 9.84 Å². The maximum absolute atomic E-state index is 11.3. The highest BCUT2D eigenvalue weighted by Gasteiger charge is 2.12. The summed E-state index contributed by atoms with van der Waals surface area (Å²) in [4.78, 5) is 33.1. The molecule has 3 N–H and O–H groups in total. The van der Waals surface area contributed by atoms with E-state index in [0.717, 1.165) is 0 Å². The quantitative estimate of drug-likeness (QED) is 0.737. The van der Waals surface area contributed by atoms with Gasteiger partial charge in [0.05, 0.1) is 5.56 Å². The van der Waals surface area contributed by atoms with Gasteiger partial charge in [-0.05, 0) is 19.1 Å². The standard InChI is InChI=1S/C12H14N2O5/c1-7-8(11(16)17)4-3-5-9(7)19-6-10(15)14-12(18)13-2/h3-5H,6H2,1-2H3,(H,16,17)(H2,13,14,15,18). The van der Waals surface area contributed by atoms with E-state index in [0.29, 0.717) is 5.56 Å². The lowest BCUT2D eigenvalue weighted by molar-refractivity contribution is -0.122. The van der Waals surface area contributed by atoms with Crippen LogP contribution in [0.2, 0.25) is 0 Å². The van der Waals surface area contributed by atoms with Crippen LogP contribution in [0.15, 0.2) is 18.2 Å². The number of rotatable bonds is 4. The molecule has 3 amide bonds. The van der Waals surface area contributed by atoms with Crippen LogP contribution >= 0.6 is 0 Å². The lowest BCUT2D eigenvalue weighted by Crippen LogP contribution is -2.40. The van der Waals surface area contributed by atoms with E-state index in [-0.39, 0.29) is 17.9 Å². The Morgan fingerprint density at radius 3 is 2.58 bits per heavy atom. The van der Waals surface area contributed by atoms with Crippen LogP contribution in [0.4, 0.5) is 4.79 Å². The van der Waals surface area contributed by atoms with Gasteiger partial charge in [0, 0.05) is 12.6 Å². The molecule has 0 atom stereocenters. The number of nitrogens with one attached hydrogen (secondary N) is 2. The van der Waals surface area contributed by atoms with E-state index in [2.05, 4.69) is 5.32 Å².